The molecule has 2 rings (SSSR count). The van der Waals surface area contributed by atoms with Crippen molar-refractivity contribution in [3.05, 3.63) is 59.2 Å². The minimum absolute atomic E-state index is 0.315. The van der Waals surface area contributed by atoms with Gasteiger partial charge in [0.05, 0.1) is 12.0 Å². The molecular weight excluding hydrogens is 322 g/mol. The van der Waals surface area contributed by atoms with Gasteiger partial charge in [0.25, 0.3) is 0 Å². The summed E-state index contributed by atoms with van der Waals surface area (Å²) in [6, 6.07) is 13.1. The van der Waals surface area contributed by atoms with Crippen LogP contribution in [-0.2, 0) is 15.4 Å². The Hall–Kier alpha value is -1.85. The molecule has 4 nitrogen and oxygen atoms in total. The molecule has 0 atom stereocenters. The van der Waals surface area contributed by atoms with Gasteiger partial charge in [-0.05, 0) is 48.7 Å². The highest BCUT2D eigenvalue weighted by molar-refractivity contribution is 7.89. The molecule has 0 saturated heterocycles. The van der Waals surface area contributed by atoms with Gasteiger partial charge in [-0.15, -0.1) is 0 Å². The van der Waals surface area contributed by atoms with Crippen molar-refractivity contribution in [3.8, 4) is 5.75 Å². The molecule has 130 valence electrons. The summed E-state index contributed by atoms with van der Waals surface area (Å²) < 4.78 is 33.2. The highest BCUT2D eigenvalue weighted by Gasteiger charge is 2.25. The Morgan fingerprint density at radius 2 is 1.67 bits per heavy atom. The van der Waals surface area contributed by atoms with Gasteiger partial charge in [0, 0.05) is 12.0 Å². The summed E-state index contributed by atoms with van der Waals surface area (Å²) in [5.41, 5.74) is 2.38. The molecule has 0 bridgehead atoms. The van der Waals surface area contributed by atoms with Crippen LogP contribution in [-0.4, -0.2) is 22.1 Å². The first-order valence-corrected chi connectivity index (χ1v) is 9.35. The van der Waals surface area contributed by atoms with Crippen molar-refractivity contribution in [2.24, 2.45) is 0 Å². The molecule has 0 spiro atoms. The Morgan fingerprint density at radius 3 is 2.25 bits per heavy atom. The molecule has 2 aromatic rings. The topological polar surface area (TPSA) is 55.4 Å². The molecule has 0 saturated carbocycles. The SMILES string of the molecule is COc1ccc(C(C)(C)CNS(=O)(=O)c2cc(C)ccc2C)cc1. The average Bonchev–Trinajstić information content (AvgIpc) is 2.55. The van der Waals surface area contributed by atoms with Gasteiger partial charge < -0.3 is 4.74 Å². The summed E-state index contributed by atoms with van der Waals surface area (Å²) in [6.07, 6.45) is 0. The minimum Gasteiger partial charge on any atom is -0.497 e. The number of rotatable bonds is 6. The molecular formula is C19H25NO3S. The first kappa shape index (κ1) is 18.5. The van der Waals surface area contributed by atoms with Crippen LogP contribution in [0.2, 0.25) is 0 Å². The lowest BCUT2D eigenvalue weighted by Crippen LogP contribution is -2.36. The van der Waals surface area contributed by atoms with Crippen molar-refractivity contribution in [3.63, 3.8) is 0 Å². The lowest BCUT2D eigenvalue weighted by atomic mass is 9.85. The number of aryl methyl sites for hydroxylation is 2. The Labute approximate surface area is 144 Å². The van der Waals surface area contributed by atoms with E-state index in [2.05, 4.69) is 4.72 Å². The number of sulfonamides is 1. The maximum Gasteiger partial charge on any atom is 0.240 e. The third-order valence-electron chi connectivity index (χ3n) is 4.21. The van der Waals surface area contributed by atoms with Gasteiger partial charge in [0.2, 0.25) is 10.0 Å². The van der Waals surface area contributed by atoms with E-state index in [-0.39, 0.29) is 5.41 Å². The van der Waals surface area contributed by atoms with Gasteiger partial charge in [-0.25, -0.2) is 13.1 Å². The van der Waals surface area contributed by atoms with Crippen LogP contribution in [0, 0.1) is 13.8 Å². The molecule has 0 amide bonds. The molecule has 0 aromatic heterocycles. The Balaban J connectivity index is 2.19. The van der Waals surface area contributed by atoms with Crippen molar-refractivity contribution in [1.29, 1.82) is 0 Å². The Bertz CT molecular complexity index is 809. The van der Waals surface area contributed by atoms with Crippen molar-refractivity contribution < 1.29 is 13.2 Å². The van der Waals surface area contributed by atoms with Crippen LogP contribution < -0.4 is 9.46 Å². The maximum atomic E-state index is 12.7. The first-order chi connectivity index (χ1) is 11.2. The molecule has 0 aliphatic rings. The summed E-state index contributed by atoms with van der Waals surface area (Å²) in [5, 5.41) is 0. The zero-order valence-electron chi connectivity index (χ0n) is 14.9. The van der Waals surface area contributed by atoms with Crippen molar-refractivity contribution in [2.45, 2.75) is 38.0 Å². The van der Waals surface area contributed by atoms with Crippen molar-refractivity contribution in [1.82, 2.24) is 4.72 Å². The average molecular weight is 347 g/mol. The third kappa shape index (κ3) is 4.16. The molecule has 2 aromatic carbocycles. The highest BCUT2D eigenvalue weighted by atomic mass is 32.2. The molecule has 0 aliphatic heterocycles. The fourth-order valence-corrected chi connectivity index (χ4v) is 4.03. The molecule has 0 aliphatic carbocycles. The van der Waals surface area contributed by atoms with Crippen LogP contribution >= 0.6 is 0 Å². The van der Waals surface area contributed by atoms with Crippen LogP contribution in [0.15, 0.2) is 47.4 Å². The second-order valence-corrected chi connectivity index (χ2v) is 8.44. The lowest BCUT2D eigenvalue weighted by Gasteiger charge is -2.26. The predicted molar refractivity (Wildman–Crippen MR) is 97.1 cm³/mol. The molecule has 24 heavy (non-hydrogen) atoms. The second-order valence-electron chi connectivity index (χ2n) is 6.71. The van der Waals surface area contributed by atoms with Gasteiger partial charge >= 0.3 is 0 Å². The fraction of sp³-hybridized carbons (Fsp3) is 0.368. The number of benzene rings is 2. The van der Waals surface area contributed by atoms with E-state index >= 15 is 0 Å². The van der Waals surface area contributed by atoms with Gasteiger partial charge in [-0.3, -0.25) is 0 Å². The molecule has 5 heteroatoms. The molecule has 1 N–H and O–H groups in total. The summed E-state index contributed by atoms with van der Waals surface area (Å²) in [4.78, 5) is 0.341. The summed E-state index contributed by atoms with van der Waals surface area (Å²) in [5.74, 6) is 0.783. The zero-order chi connectivity index (χ0) is 18.0. The minimum atomic E-state index is -3.54. The van der Waals surface area contributed by atoms with Gasteiger partial charge in [-0.1, -0.05) is 38.1 Å². The van der Waals surface area contributed by atoms with Crippen molar-refractivity contribution >= 4 is 10.0 Å². The van der Waals surface area contributed by atoms with E-state index in [0.29, 0.717) is 11.4 Å². The number of nitrogens with one attached hydrogen (secondary N) is 1. The first-order valence-electron chi connectivity index (χ1n) is 7.87. The fourth-order valence-electron chi connectivity index (χ4n) is 2.49. The maximum absolute atomic E-state index is 12.7. The van der Waals surface area contributed by atoms with Crippen LogP contribution in [0.25, 0.3) is 0 Å². The number of hydrogen-bond acceptors (Lipinski definition) is 3. The quantitative estimate of drug-likeness (QED) is 0.869. The van der Waals surface area contributed by atoms with E-state index < -0.39 is 10.0 Å². The lowest BCUT2D eigenvalue weighted by molar-refractivity contribution is 0.414. The summed E-state index contributed by atoms with van der Waals surface area (Å²) >= 11 is 0. The molecule has 0 unspecified atom stereocenters. The van der Waals surface area contributed by atoms with E-state index in [1.165, 1.54) is 0 Å². The Kier molecular flexibility index (Phi) is 5.35. The van der Waals surface area contributed by atoms with E-state index in [0.717, 1.165) is 22.4 Å². The monoisotopic (exact) mass is 347 g/mol. The van der Waals surface area contributed by atoms with Crippen LogP contribution in [0.3, 0.4) is 0 Å². The van der Waals surface area contributed by atoms with E-state index in [4.69, 9.17) is 4.74 Å². The van der Waals surface area contributed by atoms with Crippen LogP contribution in [0.5, 0.6) is 5.75 Å². The van der Waals surface area contributed by atoms with Crippen LogP contribution in [0.4, 0.5) is 0 Å². The standard InChI is InChI=1S/C19H25NO3S/c1-14-6-7-15(2)18(12-14)24(21,22)20-13-19(3,4)16-8-10-17(23-5)11-9-16/h6-12,20H,13H2,1-5H3. The predicted octanol–water partition coefficient (Wildman–Crippen LogP) is 3.57. The smallest absolute Gasteiger partial charge is 0.240 e. The molecule has 0 radical (unpaired) electrons. The zero-order valence-corrected chi connectivity index (χ0v) is 15.7. The van der Waals surface area contributed by atoms with Crippen molar-refractivity contribution in [2.75, 3.05) is 13.7 Å². The third-order valence-corrected chi connectivity index (χ3v) is 5.75. The highest BCUT2D eigenvalue weighted by Crippen LogP contribution is 2.25. The van der Waals surface area contributed by atoms with E-state index in [1.807, 2.05) is 64.1 Å². The van der Waals surface area contributed by atoms with E-state index in [9.17, 15) is 8.42 Å². The van der Waals surface area contributed by atoms with Crippen LogP contribution in [0.1, 0.15) is 30.5 Å². The van der Waals surface area contributed by atoms with E-state index in [1.54, 1.807) is 13.2 Å². The molecule has 0 fully saturated rings. The Morgan fingerprint density at radius 1 is 1.04 bits per heavy atom. The molecule has 0 heterocycles. The summed E-state index contributed by atoms with van der Waals surface area (Å²) in [7, 11) is -1.92. The largest absolute Gasteiger partial charge is 0.497 e. The van der Waals surface area contributed by atoms with Gasteiger partial charge in [0.15, 0.2) is 0 Å². The number of hydrogen-bond donors (Lipinski definition) is 1. The second kappa shape index (κ2) is 6.95. The van der Waals surface area contributed by atoms with Gasteiger partial charge in [0.1, 0.15) is 5.75 Å². The normalized spacial score (nSPS) is 12.2. The summed E-state index contributed by atoms with van der Waals surface area (Å²) in [6.45, 7) is 8.04. The van der Waals surface area contributed by atoms with Gasteiger partial charge in [-0.2, -0.15) is 0 Å². The number of ether oxygens (including phenoxy) is 1. The number of methoxy groups -OCH3 is 1.